The normalized spacial score (nSPS) is 28.8. The number of rotatable bonds is 1. The van der Waals surface area contributed by atoms with Gasteiger partial charge in [-0.05, 0) is 37.7 Å². The Morgan fingerprint density at radius 1 is 1.23 bits per heavy atom. The van der Waals surface area contributed by atoms with Crippen molar-refractivity contribution in [3.8, 4) is 0 Å². The van der Waals surface area contributed by atoms with Crippen molar-refractivity contribution >= 4 is 0 Å². The fraction of sp³-hybridized carbons (Fsp3) is 0.667. The molecule has 72 valence electrons. The minimum absolute atomic E-state index is 0.744. The maximum atomic E-state index is 2.53. The molecule has 2 aliphatic rings. The molecule has 1 fully saturated rings. The zero-order valence-electron chi connectivity index (χ0n) is 8.50. The van der Waals surface area contributed by atoms with Crippen LogP contribution in [0.5, 0.6) is 0 Å². The number of likely N-dealkylation sites (tertiary alicyclic amines) is 1. The summed E-state index contributed by atoms with van der Waals surface area (Å²) in [5.41, 5.74) is 1.47. The van der Waals surface area contributed by atoms with Gasteiger partial charge in [-0.3, -0.25) is 0 Å². The monoisotopic (exact) mass is 177 g/mol. The van der Waals surface area contributed by atoms with Gasteiger partial charge in [-0.15, -0.1) is 0 Å². The highest BCUT2D eigenvalue weighted by Crippen LogP contribution is 2.21. The zero-order chi connectivity index (χ0) is 9.10. The number of allylic oxidation sites excluding steroid dienone is 3. The highest BCUT2D eigenvalue weighted by atomic mass is 15.1. The van der Waals surface area contributed by atoms with Gasteiger partial charge in [-0.2, -0.15) is 0 Å². The van der Waals surface area contributed by atoms with Crippen LogP contribution >= 0.6 is 0 Å². The van der Waals surface area contributed by atoms with Gasteiger partial charge in [-0.25, -0.2) is 0 Å². The molecule has 13 heavy (non-hydrogen) atoms. The van der Waals surface area contributed by atoms with Gasteiger partial charge in [0.15, 0.2) is 0 Å². The smallest absolute Gasteiger partial charge is 0.0322 e. The first-order valence-electron chi connectivity index (χ1n) is 5.49. The largest absolute Gasteiger partial charge is 0.372 e. The Balaban J connectivity index is 1.96. The van der Waals surface area contributed by atoms with Crippen LogP contribution in [0.3, 0.4) is 0 Å². The van der Waals surface area contributed by atoms with E-state index in [-0.39, 0.29) is 0 Å². The molecule has 1 saturated heterocycles. The fourth-order valence-corrected chi connectivity index (χ4v) is 2.10. The molecule has 0 unspecified atom stereocenters. The lowest BCUT2D eigenvalue weighted by atomic mass is 10.00. The second-order valence-corrected chi connectivity index (χ2v) is 4.25. The molecule has 1 aliphatic carbocycles. The summed E-state index contributed by atoms with van der Waals surface area (Å²) < 4.78 is 0. The molecule has 0 saturated carbocycles. The Hall–Kier alpha value is -0.720. The third-order valence-electron chi connectivity index (χ3n) is 3.02. The van der Waals surface area contributed by atoms with Crippen LogP contribution < -0.4 is 0 Å². The highest BCUT2D eigenvalue weighted by Gasteiger charge is 2.13. The van der Waals surface area contributed by atoms with Gasteiger partial charge in [0, 0.05) is 18.8 Å². The predicted molar refractivity (Wildman–Crippen MR) is 56.4 cm³/mol. The van der Waals surface area contributed by atoms with Crippen LogP contribution in [0.25, 0.3) is 0 Å². The molecule has 0 bridgehead atoms. The van der Waals surface area contributed by atoms with E-state index in [1.165, 1.54) is 44.5 Å². The highest BCUT2D eigenvalue weighted by molar-refractivity contribution is 5.22. The van der Waals surface area contributed by atoms with E-state index in [1.807, 2.05) is 0 Å². The van der Waals surface area contributed by atoms with Gasteiger partial charge in [0.2, 0.25) is 0 Å². The van der Waals surface area contributed by atoms with Crippen LogP contribution in [-0.4, -0.2) is 18.0 Å². The topological polar surface area (TPSA) is 3.24 Å². The molecule has 1 nitrogen and oxygen atoms in total. The summed E-state index contributed by atoms with van der Waals surface area (Å²) >= 11 is 0. The van der Waals surface area contributed by atoms with E-state index in [4.69, 9.17) is 0 Å². The van der Waals surface area contributed by atoms with Crippen LogP contribution in [0, 0.1) is 5.92 Å². The van der Waals surface area contributed by atoms with Crippen molar-refractivity contribution in [3.63, 3.8) is 0 Å². The van der Waals surface area contributed by atoms with Gasteiger partial charge in [0.05, 0.1) is 0 Å². The Morgan fingerprint density at radius 3 is 2.62 bits per heavy atom. The Morgan fingerprint density at radius 2 is 2.00 bits per heavy atom. The molecular formula is C12H19N. The van der Waals surface area contributed by atoms with Crippen molar-refractivity contribution in [2.24, 2.45) is 5.92 Å². The van der Waals surface area contributed by atoms with Gasteiger partial charge in [0.1, 0.15) is 0 Å². The van der Waals surface area contributed by atoms with E-state index in [2.05, 4.69) is 30.1 Å². The van der Waals surface area contributed by atoms with Gasteiger partial charge in [-0.1, -0.05) is 19.1 Å². The average molecular weight is 177 g/mol. The predicted octanol–water partition coefficient (Wildman–Crippen LogP) is 2.95. The molecule has 0 amide bonds. The standard InChI is InChI=1S/C12H19N/c1-11-5-7-12(8-6-11)13-9-3-2-4-10-13/h5,7-8,11H,2-4,6,9-10H2,1H3/t11-/m0/s1. The summed E-state index contributed by atoms with van der Waals surface area (Å²) in [7, 11) is 0. The molecule has 0 aromatic carbocycles. The number of piperidine rings is 1. The van der Waals surface area contributed by atoms with E-state index < -0.39 is 0 Å². The first-order chi connectivity index (χ1) is 6.36. The lowest BCUT2D eigenvalue weighted by Gasteiger charge is -2.31. The Labute approximate surface area is 81.1 Å². The van der Waals surface area contributed by atoms with Crippen LogP contribution in [0.1, 0.15) is 32.6 Å². The van der Waals surface area contributed by atoms with Crippen LogP contribution in [0.15, 0.2) is 23.9 Å². The summed E-state index contributed by atoms with van der Waals surface area (Å²) in [4.78, 5) is 2.53. The summed E-state index contributed by atoms with van der Waals surface area (Å²) in [6, 6.07) is 0. The molecule has 1 heterocycles. The van der Waals surface area contributed by atoms with E-state index >= 15 is 0 Å². The Bertz CT molecular complexity index is 221. The fourth-order valence-electron chi connectivity index (χ4n) is 2.10. The van der Waals surface area contributed by atoms with Crippen molar-refractivity contribution in [1.29, 1.82) is 0 Å². The molecule has 1 aliphatic heterocycles. The minimum atomic E-state index is 0.744. The number of hydrogen-bond acceptors (Lipinski definition) is 1. The summed E-state index contributed by atoms with van der Waals surface area (Å²) in [6.07, 6.45) is 12.4. The molecule has 0 aromatic rings. The minimum Gasteiger partial charge on any atom is -0.372 e. The second-order valence-electron chi connectivity index (χ2n) is 4.25. The zero-order valence-corrected chi connectivity index (χ0v) is 8.50. The molecule has 2 rings (SSSR count). The van der Waals surface area contributed by atoms with Crippen molar-refractivity contribution in [3.05, 3.63) is 23.9 Å². The van der Waals surface area contributed by atoms with Crippen LogP contribution in [0.4, 0.5) is 0 Å². The molecule has 0 radical (unpaired) electrons. The molecule has 0 aromatic heterocycles. The van der Waals surface area contributed by atoms with E-state index in [0.29, 0.717) is 0 Å². The van der Waals surface area contributed by atoms with E-state index in [0.717, 1.165) is 5.92 Å². The lowest BCUT2D eigenvalue weighted by molar-refractivity contribution is 0.290. The van der Waals surface area contributed by atoms with Crippen molar-refractivity contribution < 1.29 is 0 Å². The van der Waals surface area contributed by atoms with Crippen LogP contribution in [-0.2, 0) is 0 Å². The van der Waals surface area contributed by atoms with Crippen LogP contribution in [0.2, 0.25) is 0 Å². The molecule has 0 N–H and O–H groups in total. The summed E-state index contributed by atoms with van der Waals surface area (Å²) in [5, 5.41) is 0. The summed E-state index contributed by atoms with van der Waals surface area (Å²) in [5.74, 6) is 0.744. The van der Waals surface area contributed by atoms with Gasteiger partial charge in [0.25, 0.3) is 0 Å². The quantitative estimate of drug-likeness (QED) is 0.595. The first kappa shape index (κ1) is 8.86. The third kappa shape index (κ3) is 2.15. The molecule has 0 spiro atoms. The average Bonchev–Trinajstić information content (AvgIpc) is 2.20. The second kappa shape index (κ2) is 3.99. The van der Waals surface area contributed by atoms with E-state index in [1.54, 1.807) is 0 Å². The maximum Gasteiger partial charge on any atom is 0.0322 e. The maximum absolute atomic E-state index is 2.53. The lowest BCUT2D eigenvalue weighted by Crippen LogP contribution is -2.29. The number of hydrogen-bond donors (Lipinski definition) is 0. The molecule has 1 heteroatoms. The summed E-state index contributed by atoms with van der Waals surface area (Å²) in [6.45, 7) is 4.81. The first-order valence-corrected chi connectivity index (χ1v) is 5.49. The van der Waals surface area contributed by atoms with E-state index in [9.17, 15) is 0 Å². The van der Waals surface area contributed by atoms with Gasteiger partial charge < -0.3 is 4.90 Å². The SMILES string of the molecule is C[C@H]1C=CC(N2CCCCC2)=CC1. The Kier molecular flexibility index (Phi) is 2.72. The third-order valence-corrected chi connectivity index (χ3v) is 3.02. The van der Waals surface area contributed by atoms with Crippen molar-refractivity contribution in [2.45, 2.75) is 32.6 Å². The molecule has 1 atom stereocenters. The van der Waals surface area contributed by atoms with Crippen molar-refractivity contribution in [1.82, 2.24) is 4.90 Å². The van der Waals surface area contributed by atoms with Crippen molar-refractivity contribution in [2.75, 3.05) is 13.1 Å². The molecular weight excluding hydrogens is 158 g/mol. The number of nitrogens with zero attached hydrogens (tertiary/aromatic N) is 1. The van der Waals surface area contributed by atoms with Gasteiger partial charge >= 0.3 is 0 Å².